The molecular formula is C17H25N3O3. The van der Waals surface area contributed by atoms with Gasteiger partial charge in [0.05, 0.1) is 0 Å². The van der Waals surface area contributed by atoms with Crippen molar-refractivity contribution in [2.24, 2.45) is 0 Å². The molecule has 23 heavy (non-hydrogen) atoms. The smallest absolute Gasteiger partial charge is 0.410 e. The second kappa shape index (κ2) is 6.98. The SMILES string of the molecule is CC(=O)Nc1cc(C2CCN(C(=O)OC(C)(C)C)CC2)ccn1. The zero-order chi connectivity index (χ0) is 17.0. The third-order valence-corrected chi connectivity index (χ3v) is 3.71. The lowest BCUT2D eigenvalue weighted by Gasteiger charge is -2.33. The Morgan fingerprint density at radius 2 is 1.96 bits per heavy atom. The van der Waals surface area contributed by atoms with E-state index in [0.717, 1.165) is 18.4 Å². The van der Waals surface area contributed by atoms with Gasteiger partial charge in [-0.2, -0.15) is 0 Å². The molecule has 0 saturated carbocycles. The van der Waals surface area contributed by atoms with E-state index in [0.29, 0.717) is 24.8 Å². The highest BCUT2D eigenvalue weighted by Crippen LogP contribution is 2.29. The molecule has 2 amide bonds. The molecule has 0 aliphatic carbocycles. The fourth-order valence-electron chi connectivity index (χ4n) is 2.67. The minimum atomic E-state index is -0.466. The molecule has 126 valence electrons. The molecule has 1 N–H and O–H groups in total. The van der Waals surface area contributed by atoms with Gasteiger partial charge in [0.2, 0.25) is 5.91 Å². The van der Waals surface area contributed by atoms with Crippen LogP contribution in [0.5, 0.6) is 0 Å². The Kier molecular flexibility index (Phi) is 5.23. The molecule has 1 aromatic rings. The number of amides is 2. The van der Waals surface area contributed by atoms with Gasteiger partial charge < -0.3 is 15.0 Å². The lowest BCUT2D eigenvalue weighted by Crippen LogP contribution is -2.41. The normalized spacial score (nSPS) is 16.1. The average molecular weight is 319 g/mol. The van der Waals surface area contributed by atoms with Crippen LogP contribution in [-0.2, 0) is 9.53 Å². The van der Waals surface area contributed by atoms with Crippen LogP contribution >= 0.6 is 0 Å². The van der Waals surface area contributed by atoms with Crippen LogP contribution in [-0.4, -0.2) is 40.6 Å². The highest BCUT2D eigenvalue weighted by atomic mass is 16.6. The van der Waals surface area contributed by atoms with Crippen molar-refractivity contribution in [2.45, 2.75) is 52.1 Å². The van der Waals surface area contributed by atoms with Crippen molar-refractivity contribution < 1.29 is 14.3 Å². The Labute approximate surface area is 137 Å². The maximum atomic E-state index is 12.1. The number of likely N-dealkylation sites (tertiary alicyclic amines) is 1. The third kappa shape index (κ3) is 5.23. The molecule has 0 spiro atoms. The van der Waals surface area contributed by atoms with E-state index in [4.69, 9.17) is 4.74 Å². The molecule has 0 atom stereocenters. The zero-order valence-corrected chi connectivity index (χ0v) is 14.3. The minimum Gasteiger partial charge on any atom is -0.444 e. The van der Waals surface area contributed by atoms with Crippen molar-refractivity contribution >= 4 is 17.8 Å². The maximum Gasteiger partial charge on any atom is 0.410 e. The lowest BCUT2D eigenvalue weighted by atomic mass is 9.90. The Hall–Kier alpha value is -2.11. The standard InChI is InChI=1S/C17H25N3O3/c1-12(21)19-15-11-14(5-8-18-15)13-6-9-20(10-7-13)16(22)23-17(2,3)4/h5,8,11,13H,6-7,9-10H2,1-4H3,(H,18,19,21). The molecule has 2 heterocycles. The largest absolute Gasteiger partial charge is 0.444 e. The fraction of sp³-hybridized carbons (Fsp3) is 0.588. The zero-order valence-electron chi connectivity index (χ0n) is 14.3. The summed E-state index contributed by atoms with van der Waals surface area (Å²) in [6.07, 6.45) is 3.22. The van der Waals surface area contributed by atoms with Crippen molar-refractivity contribution in [3.05, 3.63) is 23.9 Å². The van der Waals surface area contributed by atoms with Crippen molar-refractivity contribution in [2.75, 3.05) is 18.4 Å². The van der Waals surface area contributed by atoms with Crippen LogP contribution in [0.25, 0.3) is 0 Å². The van der Waals surface area contributed by atoms with Crippen LogP contribution in [0.2, 0.25) is 0 Å². The van der Waals surface area contributed by atoms with Crippen LogP contribution in [0.3, 0.4) is 0 Å². The number of piperidine rings is 1. The summed E-state index contributed by atoms with van der Waals surface area (Å²) in [5, 5.41) is 2.70. The number of carbonyl (C=O) groups is 2. The molecule has 1 fully saturated rings. The van der Waals surface area contributed by atoms with Crippen molar-refractivity contribution in [1.82, 2.24) is 9.88 Å². The quantitative estimate of drug-likeness (QED) is 0.909. The van der Waals surface area contributed by atoms with Crippen molar-refractivity contribution in [1.29, 1.82) is 0 Å². The summed E-state index contributed by atoms with van der Waals surface area (Å²) in [4.78, 5) is 29.1. The monoisotopic (exact) mass is 319 g/mol. The number of aromatic nitrogens is 1. The predicted molar refractivity (Wildman–Crippen MR) is 88.3 cm³/mol. The van der Waals surface area contributed by atoms with Gasteiger partial charge in [0, 0.05) is 26.2 Å². The summed E-state index contributed by atoms with van der Waals surface area (Å²) < 4.78 is 5.41. The van der Waals surface area contributed by atoms with Gasteiger partial charge in [-0.05, 0) is 57.2 Å². The molecule has 2 rings (SSSR count). The number of hydrogen-bond acceptors (Lipinski definition) is 4. The van der Waals surface area contributed by atoms with Crippen LogP contribution < -0.4 is 5.32 Å². The first-order chi connectivity index (χ1) is 10.7. The molecule has 1 saturated heterocycles. The van der Waals surface area contributed by atoms with Gasteiger partial charge in [-0.3, -0.25) is 4.79 Å². The molecule has 0 aromatic carbocycles. The van der Waals surface area contributed by atoms with Gasteiger partial charge in [-0.1, -0.05) is 0 Å². The van der Waals surface area contributed by atoms with Gasteiger partial charge in [0.15, 0.2) is 0 Å². The Bertz CT molecular complexity index is 573. The molecular weight excluding hydrogens is 294 g/mol. The van der Waals surface area contributed by atoms with Gasteiger partial charge in [0.25, 0.3) is 0 Å². The summed E-state index contributed by atoms with van der Waals surface area (Å²) >= 11 is 0. The van der Waals surface area contributed by atoms with E-state index in [9.17, 15) is 9.59 Å². The first-order valence-electron chi connectivity index (χ1n) is 7.96. The summed E-state index contributed by atoms with van der Waals surface area (Å²) in [6.45, 7) is 8.44. The molecule has 0 bridgehead atoms. The minimum absolute atomic E-state index is 0.130. The van der Waals surface area contributed by atoms with E-state index >= 15 is 0 Å². The van der Waals surface area contributed by atoms with E-state index in [1.165, 1.54) is 6.92 Å². The Morgan fingerprint density at radius 3 is 2.52 bits per heavy atom. The van der Waals surface area contributed by atoms with Crippen molar-refractivity contribution in [3.8, 4) is 0 Å². The summed E-state index contributed by atoms with van der Waals surface area (Å²) in [6, 6.07) is 3.88. The van der Waals surface area contributed by atoms with Gasteiger partial charge >= 0.3 is 6.09 Å². The molecule has 6 nitrogen and oxygen atoms in total. The van der Waals surface area contributed by atoms with E-state index in [2.05, 4.69) is 10.3 Å². The van der Waals surface area contributed by atoms with E-state index < -0.39 is 5.60 Å². The summed E-state index contributed by atoms with van der Waals surface area (Å²) in [7, 11) is 0. The first-order valence-corrected chi connectivity index (χ1v) is 7.96. The number of hydrogen-bond donors (Lipinski definition) is 1. The average Bonchev–Trinajstić information content (AvgIpc) is 2.45. The number of ether oxygens (including phenoxy) is 1. The molecule has 6 heteroatoms. The van der Waals surface area contributed by atoms with Gasteiger partial charge in [0.1, 0.15) is 11.4 Å². The van der Waals surface area contributed by atoms with Gasteiger partial charge in [-0.15, -0.1) is 0 Å². The summed E-state index contributed by atoms with van der Waals surface area (Å²) in [5.74, 6) is 0.808. The lowest BCUT2D eigenvalue weighted by molar-refractivity contribution is -0.114. The van der Waals surface area contributed by atoms with Crippen LogP contribution in [0.4, 0.5) is 10.6 Å². The third-order valence-electron chi connectivity index (χ3n) is 3.71. The second-order valence-corrected chi connectivity index (χ2v) is 6.90. The number of rotatable bonds is 2. The van der Waals surface area contributed by atoms with Crippen LogP contribution in [0.15, 0.2) is 18.3 Å². The second-order valence-electron chi connectivity index (χ2n) is 6.90. The van der Waals surface area contributed by atoms with E-state index in [1.807, 2.05) is 32.9 Å². The predicted octanol–water partition coefficient (Wildman–Crippen LogP) is 3.15. The van der Waals surface area contributed by atoms with E-state index in [-0.39, 0.29) is 12.0 Å². The molecule has 0 unspecified atom stereocenters. The molecule has 0 radical (unpaired) electrons. The number of pyridine rings is 1. The molecule has 1 aliphatic heterocycles. The van der Waals surface area contributed by atoms with Gasteiger partial charge in [-0.25, -0.2) is 9.78 Å². The molecule has 1 aliphatic rings. The topological polar surface area (TPSA) is 71.5 Å². The number of nitrogens with zero attached hydrogens (tertiary/aromatic N) is 2. The highest BCUT2D eigenvalue weighted by molar-refractivity contribution is 5.87. The number of anilines is 1. The highest BCUT2D eigenvalue weighted by Gasteiger charge is 2.27. The first kappa shape index (κ1) is 17.2. The van der Waals surface area contributed by atoms with Crippen LogP contribution in [0, 0.1) is 0 Å². The summed E-state index contributed by atoms with van der Waals surface area (Å²) in [5.41, 5.74) is 0.680. The Balaban J connectivity index is 1.94. The number of nitrogens with one attached hydrogen (secondary N) is 1. The fourth-order valence-corrected chi connectivity index (χ4v) is 2.67. The van der Waals surface area contributed by atoms with E-state index in [1.54, 1.807) is 11.1 Å². The van der Waals surface area contributed by atoms with Crippen molar-refractivity contribution in [3.63, 3.8) is 0 Å². The maximum absolute atomic E-state index is 12.1. The number of carbonyl (C=O) groups excluding carboxylic acids is 2. The van der Waals surface area contributed by atoms with Crippen LogP contribution in [0.1, 0.15) is 52.0 Å². The molecule has 1 aromatic heterocycles. The Morgan fingerprint density at radius 1 is 1.30 bits per heavy atom.